The normalized spacial score (nSPS) is 18.5. The summed E-state index contributed by atoms with van der Waals surface area (Å²) in [6.45, 7) is 2.77. The van der Waals surface area contributed by atoms with Crippen molar-refractivity contribution in [3.8, 4) is 11.5 Å². The number of aromatic nitrogens is 1. The van der Waals surface area contributed by atoms with Crippen LogP contribution in [0.5, 0.6) is 11.5 Å². The highest BCUT2D eigenvalue weighted by molar-refractivity contribution is 7.16. The molecule has 3 heterocycles. The number of nitrogens with zero attached hydrogens (tertiary/aromatic N) is 3. The van der Waals surface area contributed by atoms with Crippen LogP contribution in [0.15, 0.2) is 42.5 Å². The summed E-state index contributed by atoms with van der Waals surface area (Å²) < 4.78 is 23.9. The van der Waals surface area contributed by atoms with Crippen LogP contribution in [-0.2, 0) is 11.2 Å². The highest BCUT2D eigenvalue weighted by Crippen LogP contribution is 2.40. The molecule has 1 N–H and O–H groups in total. The molecule has 10 heteroatoms. The first-order valence-corrected chi connectivity index (χ1v) is 12.4. The number of hydrogen-bond acceptors (Lipinski definition) is 7. The van der Waals surface area contributed by atoms with Crippen molar-refractivity contribution in [2.75, 3.05) is 43.2 Å². The highest BCUT2D eigenvalue weighted by Gasteiger charge is 2.36. The molecule has 1 atom stereocenters. The van der Waals surface area contributed by atoms with E-state index in [-0.39, 0.29) is 30.3 Å². The number of aryl methyl sites for hydroxylation is 1. The number of rotatable bonds is 4. The predicted octanol–water partition coefficient (Wildman–Crippen LogP) is 3.64. The molecule has 2 aliphatic heterocycles. The molecule has 0 radical (unpaired) electrons. The van der Waals surface area contributed by atoms with E-state index in [0.717, 1.165) is 29.1 Å². The van der Waals surface area contributed by atoms with Gasteiger partial charge < -0.3 is 19.3 Å². The van der Waals surface area contributed by atoms with Crippen molar-refractivity contribution in [3.05, 3.63) is 64.4 Å². The van der Waals surface area contributed by atoms with E-state index in [1.165, 1.54) is 23.5 Å². The van der Waals surface area contributed by atoms with Crippen molar-refractivity contribution < 1.29 is 23.5 Å². The minimum absolute atomic E-state index is 0.0847. The van der Waals surface area contributed by atoms with Crippen LogP contribution < -0.4 is 19.7 Å². The molecule has 0 bridgehead atoms. The lowest BCUT2D eigenvalue weighted by Crippen LogP contribution is -2.50. The van der Waals surface area contributed by atoms with Crippen LogP contribution in [-0.4, -0.2) is 54.7 Å². The van der Waals surface area contributed by atoms with E-state index in [9.17, 15) is 14.0 Å². The zero-order chi connectivity index (χ0) is 23.9. The summed E-state index contributed by atoms with van der Waals surface area (Å²) in [6.07, 6.45) is 1.51. The molecule has 3 aromatic rings. The number of piperazine rings is 1. The molecule has 1 saturated heterocycles. The first-order valence-electron chi connectivity index (χ1n) is 11.5. The third-order valence-corrected chi connectivity index (χ3v) is 7.70. The maximum Gasteiger partial charge on any atom is 0.257 e. The molecule has 0 saturated carbocycles. The average molecular weight is 495 g/mol. The van der Waals surface area contributed by atoms with Crippen molar-refractivity contribution in [3.63, 3.8) is 0 Å². The SMILES string of the molecule is O=C(Nc1nc2c(s1)CCC2C(=O)N1CCN(c2ccc(F)cc2)CC1)c1ccc2c(c1)OCO2. The van der Waals surface area contributed by atoms with Crippen LogP contribution >= 0.6 is 11.3 Å². The minimum atomic E-state index is -0.283. The predicted molar refractivity (Wildman–Crippen MR) is 129 cm³/mol. The summed E-state index contributed by atoms with van der Waals surface area (Å²) in [5.41, 5.74) is 2.20. The van der Waals surface area contributed by atoms with Crippen molar-refractivity contribution in [1.82, 2.24) is 9.88 Å². The van der Waals surface area contributed by atoms with Crippen molar-refractivity contribution >= 4 is 34.0 Å². The lowest BCUT2D eigenvalue weighted by Gasteiger charge is -2.37. The number of anilines is 2. The van der Waals surface area contributed by atoms with Gasteiger partial charge in [-0.25, -0.2) is 9.37 Å². The Hall–Kier alpha value is -3.66. The van der Waals surface area contributed by atoms with Gasteiger partial charge in [0.2, 0.25) is 12.7 Å². The topological polar surface area (TPSA) is 84.0 Å². The number of nitrogens with one attached hydrogen (secondary N) is 1. The Morgan fingerprint density at radius 1 is 1.03 bits per heavy atom. The fraction of sp³-hybridized carbons (Fsp3) is 0.320. The summed E-state index contributed by atoms with van der Waals surface area (Å²) in [5, 5.41) is 3.36. The van der Waals surface area contributed by atoms with E-state index < -0.39 is 0 Å². The van der Waals surface area contributed by atoms with Gasteiger partial charge in [0.15, 0.2) is 16.6 Å². The second kappa shape index (κ2) is 8.84. The maximum atomic E-state index is 13.3. The van der Waals surface area contributed by atoms with Crippen LogP contribution in [0.4, 0.5) is 15.2 Å². The number of thiazole rings is 1. The zero-order valence-electron chi connectivity index (χ0n) is 18.8. The number of ether oxygens (including phenoxy) is 2. The molecule has 1 aliphatic carbocycles. The molecule has 0 spiro atoms. The average Bonchev–Trinajstić information content (AvgIpc) is 3.59. The van der Waals surface area contributed by atoms with Gasteiger partial charge in [0.05, 0.1) is 11.6 Å². The van der Waals surface area contributed by atoms with Gasteiger partial charge in [-0.3, -0.25) is 14.9 Å². The first-order chi connectivity index (χ1) is 17.0. The molecule has 3 aliphatic rings. The van der Waals surface area contributed by atoms with Crippen molar-refractivity contribution in [2.45, 2.75) is 18.8 Å². The van der Waals surface area contributed by atoms with Gasteiger partial charge in [0.25, 0.3) is 5.91 Å². The minimum Gasteiger partial charge on any atom is -0.454 e. The Morgan fingerprint density at radius 3 is 2.60 bits per heavy atom. The van der Waals surface area contributed by atoms with Gasteiger partial charge in [0, 0.05) is 42.3 Å². The highest BCUT2D eigenvalue weighted by atomic mass is 32.1. The van der Waals surface area contributed by atoms with E-state index in [0.29, 0.717) is 48.4 Å². The van der Waals surface area contributed by atoms with Crippen molar-refractivity contribution in [2.24, 2.45) is 0 Å². The summed E-state index contributed by atoms with van der Waals surface area (Å²) in [6, 6.07) is 11.5. The Morgan fingerprint density at radius 2 is 1.80 bits per heavy atom. The first kappa shape index (κ1) is 21.8. The molecular weight excluding hydrogens is 471 g/mol. The van der Waals surface area contributed by atoms with Gasteiger partial charge in [-0.15, -0.1) is 11.3 Å². The van der Waals surface area contributed by atoms with Crippen molar-refractivity contribution in [1.29, 1.82) is 0 Å². The summed E-state index contributed by atoms with van der Waals surface area (Å²) in [5.74, 6) is 0.431. The molecule has 35 heavy (non-hydrogen) atoms. The molecule has 2 amide bonds. The molecular formula is C25H23FN4O4S. The fourth-order valence-corrected chi connectivity index (χ4v) is 5.82. The number of carbonyl (C=O) groups is 2. The lowest BCUT2D eigenvalue weighted by atomic mass is 10.1. The van der Waals surface area contributed by atoms with Gasteiger partial charge in [-0.05, 0) is 55.3 Å². The quantitative estimate of drug-likeness (QED) is 0.596. The largest absolute Gasteiger partial charge is 0.454 e. The second-order valence-corrected chi connectivity index (χ2v) is 9.81. The van der Waals surface area contributed by atoms with Gasteiger partial charge >= 0.3 is 0 Å². The summed E-state index contributed by atoms with van der Waals surface area (Å²) in [4.78, 5) is 35.8. The van der Waals surface area contributed by atoms with Crippen LogP contribution in [0, 0.1) is 5.82 Å². The van der Waals surface area contributed by atoms with Gasteiger partial charge in [-0.1, -0.05) is 0 Å². The molecule has 1 aromatic heterocycles. The molecule has 1 unspecified atom stereocenters. The van der Waals surface area contributed by atoms with E-state index >= 15 is 0 Å². The van der Waals surface area contributed by atoms with E-state index in [1.807, 2.05) is 4.90 Å². The number of halogens is 1. The number of amides is 2. The molecule has 2 aromatic carbocycles. The lowest BCUT2D eigenvalue weighted by molar-refractivity contribution is -0.133. The van der Waals surface area contributed by atoms with Crippen LogP contribution in [0.3, 0.4) is 0 Å². The third kappa shape index (κ3) is 4.18. The Balaban J connectivity index is 1.10. The fourth-order valence-electron chi connectivity index (χ4n) is 4.79. The van der Waals surface area contributed by atoms with Gasteiger partial charge in [-0.2, -0.15) is 0 Å². The Labute approximate surface area is 205 Å². The number of hydrogen-bond donors (Lipinski definition) is 1. The molecule has 180 valence electrons. The standard InChI is InChI=1S/C25H23FN4O4S/c26-16-2-4-17(5-3-16)29-9-11-30(12-10-29)24(32)18-6-8-21-22(18)27-25(35-21)28-23(31)15-1-7-19-20(13-15)34-14-33-19/h1-5,7,13,18H,6,8-12,14H2,(H,27,28,31). The molecule has 1 fully saturated rings. The van der Waals surface area contributed by atoms with E-state index in [2.05, 4.69) is 15.2 Å². The summed E-state index contributed by atoms with van der Waals surface area (Å²) in [7, 11) is 0. The second-order valence-electron chi connectivity index (χ2n) is 8.73. The van der Waals surface area contributed by atoms with Gasteiger partial charge in [0.1, 0.15) is 5.82 Å². The Kier molecular flexibility index (Phi) is 5.52. The monoisotopic (exact) mass is 494 g/mol. The number of fused-ring (bicyclic) bond motifs is 2. The smallest absolute Gasteiger partial charge is 0.257 e. The molecule has 8 nitrogen and oxygen atoms in total. The summed E-state index contributed by atoms with van der Waals surface area (Å²) >= 11 is 1.43. The molecule has 6 rings (SSSR count). The van der Waals surface area contributed by atoms with Crippen LogP contribution in [0.2, 0.25) is 0 Å². The number of benzene rings is 2. The van der Waals surface area contributed by atoms with E-state index in [1.54, 1.807) is 30.3 Å². The van der Waals surface area contributed by atoms with Crippen LogP contribution in [0.25, 0.3) is 0 Å². The zero-order valence-corrected chi connectivity index (χ0v) is 19.6. The van der Waals surface area contributed by atoms with Crippen LogP contribution in [0.1, 0.15) is 33.3 Å². The third-order valence-electron chi connectivity index (χ3n) is 6.65. The Bertz CT molecular complexity index is 1290. The van der Waals surface area contributed by atoms with E-state index in [4.69, 9.17) is 9.47 Å². The number of carbonyl (C=O) groups excluding carboxylic acids is 2. The maximum absolute atomic E-state index is 13.3.